The van der Waals surface area contributed by atoms with Crippen LogP contribution >= 0.6 is 0 Å². The normalized spacial score (nSPS) is 12.1. The molecule has 2 aromatic rings. The second-order valence-corrected chi connectivity index (χ2v) is 4.99. The monoisotopic (exact) mass is 269 g/mol. The van der Waals surface area contributed by atoms with Gasteiger partial charge in [0.2, 0.25) is 0 Å². The molecule has 0 amide bonds. The summed E-state index contributed by atoms with van der Waals surface area (Å²) in [6.07, 6.45) is 0. The van der Waals surface area contributed by atoms with Crippen molar-refractivity contribution in [3.8, 4) is 0 Å². The van der Waals surface area contributed by atoms with Gasteiger partial charge in [0.05, 0.1) is 0 Å². The highest BCUT2D eigenvalue weighted by Gasteiger charge is 2.20. The van der Waals surface area contributed by atoms with Gasteiger partial charge in [-0.25, -0.2) is 0 Å². The van der Waals surface area contributed by atoms with E-state index < -0.39 is 12.0 Å². The molecule has 0 fully saturated rings. The van der Waals surface area contributed by atoms with E-state index in [-0.39, 0.29) is 0 Å². The standard InChI is InChI=1S/C17H19NO2/c1-12-7-9-14(10-8-12)11-18-16(17(19)20)15-6-4-3-5-13(15)2/h3-10,16,18H,11H2,1-2H3,(H,19,20). The van der Waals surface area contributed by atoms with Crippen molar-refractivity contribution in [3.63, 3.8) is 0 Å². The first kappa shape index (κ1) is 14.3. The molecule has 0 saturated heterocycles. The van der Waals surface area contributed by atoms with Gasteiger partial charge in [0.1, 0.15) is 6.04 Å². The van der Waals surface area contributed by atoms with Crippen LogP contribution in [0.1, 0.15) is 28.3 Å². The fourth-order valence-corrected chi connectivity index (χ4v) is 2.17. The fraction of sp³-hybridized carbons (Fsp3) is 0.235. The Hall–Kier alpha value is -2.13. The first-order chi connectivity index (χ1) is 9.58. The zero-order chi connectivity index (χ0) is 14.5. The van der Waals surface area contributed by atoms with Gasteiger partial charge in [-0.2, -0.15) is 0 Å². The number of aryl methyl sites for hydroxylation is 2. The average Bonchev–Trinajstić information content (AvgIpc) is 2.42. The summed E-state index contributed by atoms with van der Waals surface area (Å²) in [5, 5.41) is 12.5. The quantitative estimate of drug-likeness (QED) is 0.876. The molecule has 0 aliphatic carbocycles. The number of nitrogens with one attached hydrogen (secondary N) is 1. The smallest absolute Gasteiger partial charge is 0.325 e. The number of carbonyl (C=O) groups is 1. The average molecular weight is 269 g/mol. The largest absolute Gasteiger partial charge is 0.480 e. The van der Waals surface area contributed by atoms with Gasteiger partial charge in [0.25, 0.3) is 0 Å². The lowest BCUT2D eigenvalue weighted by molar-refractivity contribution is -0.139. The summed E-state index contributed by atoms with van der Waals surface area (Å²) >= 11 is 0. The summed E-state index contributed by atoms with van der Waals surface area (Å²) < 4.78 is 0. The molecule has 0 saturated carbocycles. The molecular formula is C17H19NO2. The van der Waals surface area contributed by atoms with Crippen LogP contribution in [0.5, 0.6) is 0 Å². The van der Waals surface area contributed by atoms with E-state index in [2.05, 4.69) is 5.32 Å². The molecule has 2 N–H and O–H groups in total. The third-order valence-electron chi connectivity index (χ3n) is 3.38. The van der Waals surface area contributed by atoms with Crippen LogP contribution in [0.25, 0.3) is 0 Å². The molecule has 0 radical (unpaired) electrons. The first-order valence-corrected chi connectivity index (χ1v) is 6.65. The van der Waals surface area contributed by atoms with Gasteiger partial charge in [-0.15, -0.1) is 0 Å². The van der Waals surface area contributed by atoms with Crippen molar-refractivity contribution in [1.29, 1.82) is 0 Å². The number of rotatable bonds is 5. The van der Waals surface area contributed by atoms with Crippen LogP contribution in [0.3, 0.4) is 0 Å². The summed E-state index contributed by atoms with van der Waals surface area (Å²) in [4.78, 5) is 11.5. The van der Waals surface area contributed by atoms with Crippen LogP contribution in [-0.2, 0) is 11.3 Å². The molecule has 0 bridgehead atoms. The van der Waals surface area contributed by atoms with Crippen molar-refractivity contribution in [3.05, 3.63) is 70.8 Å². The van der Waals surface area contributed by atoms with Crippen LogP contribution < -0.4 is 5.32 Å². The van der Waals surface area contributed by atoms with Gasteiger partial charge in [0, 0.05) is 6.54 Å². The van der Waals surface area contributed by atoms with E-state index in [1.54, 1.807) is 0 Å². The van der Waals surface area contributed by atoms with Crippen LogP contribution in [0, 0.1) is 13.8 Å². The Morgan fingerprint density at radius 3 is 2.35 bits per heavy atom. The minimum Gasteiger partial charge on any atom is -0.480 e. The molecule has 3 heteroatoms. The third-order valence-corrected chi connectivity index (χ3v) is 3.38. The SMILES string of the molecule is Cc1ccc(CNC(C(=O)O)c2ccccc2C)cc1. The highest BCUT2D eigenvalue weighted by atomic mass is 16.4. The van der Waals surface area contributed by atoms with Gasteiger partial charge < -0.3 is 5.11 Å². The molecule has 0 aliphatic rings. The van der Waals surface area contributed by atoms with Gasteiger partial charge in [-0.3, -0.25) is 10.1 Å². The van der Waals surface area contributed by atoms with Crippen LogP contribution in [-0.4, -0.2) is 11.1 Å². The topological polar surface area (TPSA) is 49.3 Å². The highest BCUT2D eigenvalue weighted by Crippen LogP contribution is 2.18. The van der Waals surface area contributed by atoms with Gasteiger partial charge >= 0.3 is 5.97 Å². The van der Waals surface area contributed by atoms with Crippen LogP contribution in [0.15, 0.2) is 48.5 Å². The van der Waals surface area contributed by atoms with E-state index in [0.29, 0.717) is 6.54 Å². The van der Waals surface area contributed by atoms with E-state index in [9.17, 15) is 9.90 Å². The van der Waals surface area contributed by atoms with Crippen molar-refractivity contribution >= 4 is 5.97 Å². The summed E-state index contributed by atoms with van der Waals surface area (Å²) in [6.45, 7) is 4.50. The van der Waals surface area contributed by atoms with E-state index in [1.807, 2.05) is 62.4 Å². The van der Waals surface area contributed by atoms with E-state index in [0.717, 1.165) is 16.7 Å². The Balaban J connectivity index is 2.13. The number of aliphatic carboxylic acids is 1. The zero-order valence-electron chi connectivity index (χ0n) is 11.8. The Morgan fingerprint density at radius 2 is 1.75 bits per heavy atom. The highest BCUT2D eigenvalue weighted by molar-refractivity contribution is 5.76. The predicted octanol–water partition coefficient (Wildman–Crippen LogP) is 3.22. The minimum atomic E-state index is -0.855. The third kappa shape index (κ3) is 3.45. The number of carboxylic acid groups (broad SMARTS) is 1. The molecule has 1 unspecified atom stereocenters. The van der Waals surface area contributed by atoms with Crippen molar-refractivity contribution < 1.29 is 9.90 Å². The number of hydrogen-bond acceptors (Lipinski definition) is 2. The molecule has 0 aromatic heterocycles. The van der Waals surface area contributed by atoms with E-state index in [1.165, 1.54) is 5.56 Å². The maximum Gasteiger partial charge on any atom is 0.325 e. The van der Waals surface area contributed by atoms with Crippen LogP contribution in [0.4, 0.5) is 0 Å². The molecule has 0 heterocycles. The molecule has 2 aromatic carbocycles. The first-order valence-electron chi connectivity index (χ1n) is 6.65. The Morgan fingerprint density at radius 1 is 1.10 bits per heavy atom. The summed E-state index contributed by atoms with van der Waals surface area (Å²) in [5.74, 6) is -0.855. The van der Waals surface area contributed by atoms with E-state index in [4.69, 9.17) is 0 Å². The Kier molecular flexibility index (Phi) is 4.53. The summed E-state index contributed by atoms with van der Waals surface area (Å²) in [7, 11) is 0. The van der Waals surface area contributed by atoms with Crippen molar-refractivity contribution in [2.45, 2.75) is 26.4 Å². The predicted molar refractivity (Wildman–Crippen MR) is 79.6 cm³/mol. The maximum atomic E-state index is 11.5. The molecule has 0 spiro atoms. The molecule has 1 atom stereocenters. The van der Waals surface area contributed by atoms with Gasteiger partial charge in [-0.05, 0) is 30.5 Å². The lowest BCUT2D eigenvalue weighted by Gasteiger charge is -2.17. The van der Waals surface area contributed by atoms with Gasteiger partial charge in [-0.1, -0.05) is 54.1 Å². The zero-order valence-corrected chi connectivity index (χ0v) is 11.8. The number of benzene rings is 2. The molecule has 104 valence electrons. The maximum absolute atomic E-state index is 11.5. The van der Waals surface area contributed by atoms with Crippen molar-refractivity contribution in [2.24, 2.45) is 0 Å². The molecular weight excluding hydrogens is 250 g/mol. The summed E-state index contributed by atoms with van der Waals surface area (Å²) in [5.41, 5.74) is 4.07. The fourth-order valence-electron chi connectivity index (χ4n) is 2.17. The number of hydrogen-bond donors (Lipinski definition) is 2. The molecule has 2 rings (SSSR count). The lowest BCUT2D eigenvalue weighted by Crippen LogP contribution is -2.28. The summed E-state index contributed by atoms with van der Waals surface area (Å²) in [6, 6.07) is 15.0. The molecule has 20 heavy (non-hydrogen) atoms. The number of carboxylic acids is 1. The second kappa shape index (κ2) is 6.35. The van der Waals surface area contributed by atoms with Crippen LogP contribution in [0.2, 0.25) is 0 Å². The Bertz CT molecular complexity index is 590. The molecule has 0 aliphatic heterocycles. The lowest BCUT2D eigenvalue weighted by atomic mass is 10.0. The minimum absolute atomic E-state index is 0.533. The van der Waals surface area contributed by atoms with Crippen molar-refractivity contribution in [1.82, 2.24) is 5.32 Å². The van der Waals surface area contributed by atoms with Crippen molar-refractivity contribution in [2.75, 3.05) is 0 Å². The molecule has 3 nitrogen and oxygen atoms in total. The van der Waals surface area contributed by atoms with Gasteiger partial charge in [0.15, 0.2) is 0 Å². The Labute approximate surface area is 119 Å². The van der Waals surface area contributed by atoms with E-state index >= 15 is 0 Å². The second-order valence-electron chi connectivity index (χ2n) is 4.99.